The van der Waals surface area contributed by atoms with Crippen LogP contribution < -0.4 is 14.8 Å². The molecule has 9 heteroatoms. The Labute approximate surface area is 183 Å². The van der Waals surface area contributed by atoms with E-state index >= 15 is 0 Å². The van der Waals surface area contributed by atoms with Crippen LogP contribution in [-0.4, -0.2) is 54.8 Å². The highest BCUT2D eigenvalue weighted by Crippen LogP contribution is 2.38. The number of benzene rings is 2. The van der Waals surface area contributed by atoms with Crippen molar-refractivity contribution >= 4 is 34.0 Å². The second-order valence-corrected chi connectivity index (χ2v) is 8.03. The van der Waals surface area contributed by atoms with Crippen molar-refractivity contribution in [2.24, 2.45) is 0 Å². The highest BCUT2D eigenvalue weighted by atomic mass is 35.5. The minimum atomic E-state index is -1.13. The second kappa shape index (κ2) is 8.11. The van der Waals surface area contributed by atoms with Gasteiger partial charge in [-0.15, -0.1) is 0 Å². The number of nitrogens with one attached hydrogen (secondary N) is 1. The fourth-order valence-electron chi connectivity index (χ4n) is 3.99. The van der Waals surface area contributed by atoms with Crippen LogP contribution in [0.4, 0.5) is 15.9 Å². The molecule has 5 rings (SSSR count). The highest BCUT2D eigenvalue weighted by molar-refractivity contribution is 6.30. The quantitative estimate of drug-likeness (QED) is 0.630. The molecule has 2 fully saturated rings. The number of nitrogens with zero attached hydrogens (tertiary/aromatic N) is 2. The predicted octanol–water partition coefficient (Wildman–Crippen LogP) is 4.23. The topological polar surface area (TPSA) is 74.7 Å². The Morgan fingerprint density at radius 1 is 1.10 bits per heavy atom. The fourth-order valence-corrected chi connectivity index (χ4v) is 4.22. The average molecular weight is 446 g/mol. The number of alkyl halides is 1. The van der Waals surface area contributed by atoms with Gasteiger partial charge >= 0.3 is 0 Å². The summed E-state index contributed by atoms with van der Waals surface area (Å²) < 4.78 is 36.6. The summed E-state index contributed by atoms with van der Waals surface area (Å²) >= 11 is 6.06. The minimum Gasteiger partial charge on any atom is -0.493 e. The van der Waals surface area contributed by atoms with Gasteiger partial charge in [-0.2, -0.15) is 0 Å². The monoisotopic (exact) mass is 445 g/mol. The molecule has 7 nitrogen and oxygen atoms in total. The lowest BCUT2D eigenvalue weighted by Gasteiger charge is -2.20. The van der Waals surface area contributed by atoms with Gasteiger partial charge in [0, 0.05) is 22.2 Å². The maximum Gasteiger partial charge on any atom is 0.164 e. The molecule has 31 heavy (non-hydrogen) atoms. The minimum absolute atomic E-state index is 0.0242. The molecule has 4 atom stereocenters. The van der Waals surface area contributed by atoms with Crippen molar-refractivity contribution in [3.8, 4) is 11.5 Å². The van der Waals surface area contributed by atoms with E-state index in [1.807, 2.05) is 31.2 Å². The molecular weight excluding hydrogens is 425 g/mol. The van der Waals surface area contributed by atoms with Gasteiger partial charge in [0.25, 0.3) is 0 Å². The van der Waals surface area contributed by atoms with Crippen molar-refractivity contribution in [1.29, 1.82) is 0 Å². The molecule has 0 saturated carbocycles. The smallest absolute Gasteiger partial charge is 0.164 e. The van der Waals surface area contributed by atoms with Crippen LogP contribution in [0.25, 0.3) is 10.9 Å². The molecule has 2 saturated heterocycles. The third kappa shape index (κ3) is 3.75. The summed E-state index contributed by atoms with van der Waals surface area (Å²) in [6.07, 6.45) is -1.10. The van der Waals surface area contributed by atoms with Crippen LogP contribution in [0.2, 0.25) is 5.02 Å². The zero-order valence-electron chi connectivity index (χ0n) is 17.0. The summed E-state index contributed by atoms with van der Waals surface area (Å²) in [5.41, 5.74) is 2.55. The third-order valence-electron chi connectivity index (χ3n) is 5.59. The molecule has 162 valence electrons. The van der Waals surface area contributed by atoms with Crippen molar-refractivity contribution < 1.29 is 23.3 Å². The molecule has 2 aliphatic heterocycles. The zero-order valence-corrected chi connectivity index (χ0v) is 17.7. The number of aromatic nitrogens is 2. The Morgan fingerprint density at radius 3 is 2.74 bits per heavy atom. The molecule has 0 spiro atoms. The first-order chi connectivity index (χ1) is 15.0. The summed E-state index contributed by atoms with van der Waals surface area (Å²) in [5.74, 6) is 1.63. The van der Waals surface area contributed by atoms with Crippen LogP contribution in [0, 0.1) is 6.92 Å². The van der Waals surface area contributed by atoms with Gasteiger partial charge < -0.3 is 24.3 Å². The van der Waals surface area contributed by atoms with E-state index in [4.69, 9.17) is 30.5 Å². The summed E-state index contributed by atoms with van der Waals surface area (Å²) in [4.78, 5) is 8.77. The van der Waals surface area contributed by atoms with E-state index in [0.717, 1.165) is 16.6 Å². The van der Waals surface area contributed by atoms with Crippen molar-refractivity contribution in [2.45, 2.75) is 31.4 Å². The number of fused-ring (bicyclic) bond motifs is 2. The van der Waals surface area contributed by atoms with E-state index < -0.39 is 24.5 Å². The number of methoxy groups -OCH3 is 1. The normalized spacial score (nSPS) is 24.9. The van der Waals surface area contributed by atoms with Gasteiger partial charge in [-0.3, -0.25) is 0 Å². The molecule has 0 bridgehead atoms. The lowest BCUT2D eigenvalue weighted by molar-refractivity contribution is 0.0271. The number of aryl methyl sites for hydroxylation is 1. The molecule has 1 aromatic heterocycles. The molecule has 2 aromatic carbocycles. The first kappa shape index (κ1) is 20.2. The molecule has 2 aliphatic rings. The Kier molecular flexibility index (Phi) is 5.29. The summed E-state index contributed by atoms with van der Waals surface area (Å²) in [7, 11) is 1.56. The van der Waals surface area contributed by atoms with Gasteiger partial charge in [-0.1, -0.05) is 11.6 Å². The summed E-state index contributed by atoms with van der Waals surface area (Å²) in [5, 5.41) is 4.77. The molecular formula is C22H21ClFN3O4. The summed E-state index contributed by atoms with van der Waals surface area (Å²) in [6, 6.07) is 9.20. The van der Waals surface area contributed by atoms with Crippen LogP contribution >= 0.6 is 11.6 Å². The molecule has 0 radical (unpaired) electrons. The molecule has 3 aromatic rings. The molecule has 0 amide bonds. The van der Waals surface area contributed by atoms with E-state index in [-0.39, 0.29) is 13.2 Å². The van der Waals surface area contributed by atoms with Gasteiger partial charge in [-0.25, -0.2) is 14.4 Å². The molecule has 1 unspecified atom stereocenters. The Balaban J connectivity index is 1.46. The van der Waals surface area contributed by atoms with Gasteiger partial charge in [0.05, 0.1) is 25.8 Å². The van der Waals surface area contributed by atoms with E-state index in [0.29, 0.717) is 27.9 Å². The standard InChI is InChI=1S/C22H21ClFN3O4/c1-11-5-12(23)3-4-15(11)27-22-13-6-17(28-2)18(7-16(13)25-10-26-22)31-19-9-30-20-14(24)8-29-21(19)20/h3-7,10,14,19-21H,8-9H2,1-2H3,(H,25,26,27)/t14-,19?,20+,21+/m1/s1. The number of anilines is 2. The zero-order chi connectivity index (χ0) is 21.5. The largest absolute Gasteiger partial charge is 0.493 e. The second-order valence-electron chi connectivity index (χ2n) is 7.59. The van der Waals surface area contributed by atoms with E-state index in [9.17, 15) is 4.39 Å². The Bertz CT molecular complexity index is 1130. The lowest BCUT2D eigenvalue weighted by atomic mass is 10.1. The molecule has 3 heterocycles. The average Bonchev–Trinajstić information content (AvgIpc) is 3.33. The number of rotatable bonds is 5. The number of hydrogen-bond donors (Lipinski definition) is 1. The fraction of sp³-hybridized carbons (Fsp3) is 0.364. The number of hydrogen-bond acceptors (Lipinski definition) is 7. The Hall–Kier alpha value is -2.68. The van der Waals surface area contributed by atoms with Gasteiger partial charge in [0.15, 0.2) is 23.8 Å². The van der Waals surface area contributed by atoms with E-state index in [2.05, 4.69) is 15.3 Å². The maximum absolute atomic E-state index is 13.9. The van der Waals surface area contributed by atoms with Crippen LogP contribution in [0.5, 0.6) is 11.5 Å². The summed E-state index contributed by atoms with van der Waals surface area (Å²) in [6.45, 7) is 2.24. The van der Waals surface area contributed by atoms with Gasteiger partial charge in [0.1, 0.15) is 24.4 Å². The Morgan fingerprint density at radius 2 is 1.94 bits per heavy atom. The third-order valence-corrected chi connectivity index (χ3v) is 5.82. The van der Waals surface area contributed by atoms with Crippen molar-refractivity contribution in [3.05, 3.63) is 47.2 Å². The molecule has 0 aliphatic carbocycles. The van der Waals surface area contributed by atoms with Crippen LogP contribution in [0.15, 0.2) is 36.7 Å². The van der Waals surface area contributed by atoms with Crippen molar-refractivity contribution in [2.75, 3.05) is 25.6 Å². The first-order valence-corrected chi connectivity index (χ1v) is 10.3. The van der Waals surface area contributed by atoms with Gasteiger partial charge in [-0.05, 0) is 36.8 Å². The van der Waals surface area contributed by atoms with Gasteiger partial charge in [0.2, 0.25) is 0 Å². The molecule has 1 N–H and O–H groups in total. The number of halogens is 2. The number of ether oxygens (including phenoxy) is 4. The first-order valence-electron chi connectivity index (χ1n) is 9.93. The SMILES string of the molecule is COc1cc2c(Nc3ccc(Cl)cc3C)ncnc2cc1OC1CO[C@H]2[C@H](F)CO[C@@H]12. The maximum atomic E-state index is 13.9. The predicted molar refractivity (Wildman–Crippen MR) is 114 cm³/mol. The van der Waals surface area contributed by atoms with Crippen LogP contribution in [0.1, 0.15) is 5.56 Å². The van der Waals surface area contributed by atoms with Crippen LogP contribution in [0.3, 0.4) is 0 Å². The lowest BCUT2D eigenvalue weighted by Crippen LogP contribution is -2.33. The van der Waals surface area contributed by atoms with E-state index in [1.54, 1.807) is 13.2 Å². The highest BCUT2D eigenvalue weighted by Gasteiger charge is 2.49. The van der Waals surface area contributed by atoms with Crippen LogP contribution in [-0.2, 0) is 9.47 Å². The van der Waals surface area contributed by atoms with Crippen molar-refractivity contribution in [3.63, 3.8) is 0 Å². The van der Waals surface area contributed by atoms with E-state index in [1.165, 1.54) is 6.33 Å². The van der Waals surface area contributed by atoms with Crippen molar-refractivity contribution in [1.82, 2.24) is 9.97 Å².